The van der Waals surface area contributed by atoms with E-state index in [9.17, 15) is 19.5 Å². The number of benzene rings is 1. The van der Waals surface area contributed by atoms with Crippen LogP contribution < -0.4 is 10.5 Å². The summed E-state index contributed by atoms with van der Waals surface area (Å²) in [5.74, 6) is -0.922. The molecule has 7 nitrogen and oxygen atoms in total. The third kappa shape index (κ3) is 4.07. The monoisotopic (exact) mass is 413 g/mol. The topological polar surface area (TPSA) is 92.5 Å². The number of carboxylic acids is 1. The molecule has 0 unspecified atom stereocenters. The maximum atomic E-state index is 13.1. The molecule has 0 bridgehead atoms. The molecule has 1 N–H and O–H groups in total. The van der Waals surface area contributed by atoms with E-state index in [2.05, 4.69) is 4.98 Å². The fraction of sp³-hybridized carbons (Fsp3) is 0.333. The van der Waals surface area contributed by atoms with Crippen molar-refractivity contribution < 1.29 is 14.7 Å². The minimum atomic E-state index is -1.17. The molecule has 152 valence electrons. The molecule has 0 aliphatic rings. The Labute approximate surface area is 172 Å². The molecular weight excluding hydrogens is 390 g/mol. The second-order valence-corrected chi connectivity index (χ2v) is 7.64. The van der Waals surface area contributed by atoms with Crippen LogP contribution in [0.3, 0.4) is 0 Å². The summed E-state index contributed by atoms with van der Waals surface area (Å²) in [6.07, 6.45) is 1.27. The molecule has 3 rings (SSSR count). The minimum Gasteiger partial charge on any atom is -0.478 e. The minimum absolute atomic E-state index is 0.0637. The van der Waals surface area contributed by atoms with Crippen LogP contribution in [0.4, 0.5) is 5.69 Å². The van der Waals surface area contributed by atoms with Crippen molar-refractivity contribution in [3.05, 3.63) is 57.0 Å². The second kappa shape index (κ2) is 8.57. The molecule has 3 aromatic rings. The third-order valence-electron chi connectivity index (χ3n) is 4.70. The summed E-state index contributed by atoms with van der Waals surface area (Å²) in [7, 11) is 0. The zero-order valence-corrected chi connectivity index (χ0v) is 17.5. The van der Waals surface area contributed by atoms with Gasteiger partial charge < -0.3 is 10.0 Å². The van der Waals surface area contributed by atoms with Crippen LogP contribution in [-0.4, -0.2) is 33.1 Å². The van der Waals surface area contributed by atoms with Gasteiger partial charge in [0.2, 0.25) is 5.91 Å². The summed E-state index contributed by atoms with van der Waals surface area (Å²) in [5.41, 5.74) is 1.24. The smallest absolute Gasteiger partial charge is 0.337 e. The number of amides is 1. The molecule has 0 spiro atoms. The van der Waals surface area contributed by atoms with Gasteiger partial charge >= 0.3 is 5.97 Å². The van der Waals surface area contributed by atoms with Gasteiger partial charge in [-0.3, -0.25) is 14.2 Å². The maximum Gasteiger partial charge on any atom is 0.337 e. The molecule has 1 amide bonds. The SMILES string of the molecule is CCCc1nc2scc(C(=O)O)c2c(=O)n1CC(=O)N(CC)c1cccc(C)c1. The highest BCUT2D eigenvalue weighted by atomic mass is 32.1. The van der Waals surface area contributed by atoms with Gasteiger partial charge in [-0.05, 0) is 38.0 Å². The van der Waals surface area contributed by atoms with Crippen molar-refractivity contribution in [2.75, 3.05) is 11.4 Å². The number of likely N-dealkylation sites (N-methyl/N-ethyl adjacent to an activating group) is 1. The lowest BCUT2D eigenvalue weighted by Gasteiger charge is -2.22. The Morgan fingerprint density at radius 3 is 2.66 bits per heavy atom. The summed E-state index contributed by atoms with van der Waals surface area (Å²) in [6.45, 7) is 6.06. The average molecular weight is 413 g/mol. The first kappa shape index (κ1) is 20.7. The van der Waals surface area contributed by atoms with Gasteiger partial charge in [0.15, 0.2) is 0 Å². The molecule has 0 aliphatic heterocycles. The van der Waals surface area contributed by atoms with Gasteiger partial charge in [-0.25, -0.2) is 9.78 Å². The van der Waals surface area contributed by atoms with Crippen molar-refractivity contribution in [2.45, 2.75) is 40.2 Å². The van der Waals surface area contributed by atoms with E-state index in [-0.39, 0.29) is 23.4 Å². The summed E-state index contributed by atoms with van der Waals surface area (Å²) in [5, 5.41) is 10.9. The van der Waals surface area contributed by atoms with Crippen molar-refractivity contribution >= 4 is 39.1 Å². The third-order valence-corrected chi connectivity index (χ3v) is 5.57. The number of aromatic carboxylic acids is 1. The van der Waals surface area contributed by atoms with Gasteiger partial charge in [0.25, 0.3) is 5.56 Å². The fourth-order valence-corrected chi connectivity index (χ4v) is 4.24. The van der Waals surface area contributed by atoms with Gasteiger partial charge in [0.05, 0.1) is 10.9 Å². The van der Waals surface area contributed by atoms with Gasteiger partial charge in [0.1, 0.15) is 17.2 Å². The normalized spacial score (nSPS) is 11.0. The number of aryl methyl sites for hydroxylation is 2. The zero-order chi connectivity index (χ0) is 21.1. The molecule has 0 atom stereocenters. The number of nitrogens with zero attached hydrogens (tertiary/aromatic N) is 3. The second-order valence-electron chi connectivity index (χ2n) is 6.78. The molecule has 0 saturated carbocycles. The molecule has 0 fully saturated rings. The first-order chi connectivity index (χ1) is 13.9. The number of anilines is 1. The van der Waals surface area contributed by atoms with Crippen LogP contribution in [0, 0.1) is 6.92 Å². The van der Waals surface area contributed by atoms with Gasteiger partial charge in [-0.2, -0.15) is 0 Å². The number of aromatic nitrogens is 2. The molecule has 29 heavy (non-hydrogen) atoms. The van der Waals surface area contributed by atoms with Crippen LogP contribution in [0.1, 0.15) is 42.0 Å². The highest BCUT2D eigenvalue weighted by Crippen LogP contribution is 2.22. The number of hydrogen-bond donors (Lipinski definition) is 1. The number of thiophene rings is 1. The van der Waals surface area contributed by atoms with E-state index in [1.807, 2.05) is 45.0 Å². The predicted molar refractivity (Wildman–Crippen MR) is 114 cm³/mol. The van der Waals surface area contributed by atoms with Crippen LogP contribution in [-0.2, 0) is 17.8 Å². The average Bonchev–Trinajstić information content (AvgIpc) is 3.10. The van der Waals surface area contributed by atoms with Crippen LogP contribution in [0.5, 0.6) is 0 Å². The fourth-order valence-electron chi connectivity index (χ4n) is 3.32. The van der Waals surface area contributed by atoms with Crippen LogP contribution in [0.2, 0.25) is 0 Å². The Morgan fingerprint density at radius 2 is 2.03 bits per heavy atom. The molecule has 2 aromatic heterocycles. The van der Waals surface area contributed by atoms with Crippen LogP contribution >= 0.6 is 11.3 Å². The van der Waals surface area contributed by atoms with Gasteiger partial charge in [-0.1, -0.05) is 19.1 Å². The van der Waals surface area contributed by atoms with E-state index in [1.165, 1.54) is 9.95 Å². The largest absolute Gasteiger partial charge is 0.478 e. The van der Waals surface area contributed by atoms with E-state index in [1.54, 1.807) is 4.90 Å². The van der Waals surface area contributed by atoms with E-state index >= 15 is 0 Å². The standard InChI is InChI=1S/C21H23N3O4S/c1-4-7-16-22-19-18(15(12-29-19)21(27)28)20(26)24(16)11-17(25)23(5-2)14-9-6-8-13(3)10-14/h6,8-10,12H,4-5,7,11H2,1-3H3,(H,27,28). The van der Waals surface area contributed by atoms with Gasteiger partial charge in [0, 0.05) is 24.0 Å². The first-order valence-corrected chi connectivity index (χ1v) is 10.4. The number of rotatable bonds is 7. The molecular formula is C21H23N3O4S. The summed E-state index contributed by atoms with van der Waals surface area (Å²) < 4.78 is 1.33. The number of carboxylic acid groups (broad SMARTS) is 1. The van der Waals surface area contributed by atoms with Crippen molar-refractivity contribution in [3.63, 3.8) is 0 Å². The molecule has 1 aromatic carbocycles. The highest BCUT2D eigenvalue weighted by molar-refractivity contribution is 7.17. The van der Waals surface area contributed by atoms with Crippen molar-refractivity contribution in [1.29, 1.82) is 0 Å². The number of fused-ring (bicyclic) bond motifs is 1. The lowest BCUT2D eigenvalue weighted by atomic mass is 10.2. The van der Waals surface area contributed by atoms with Gasteiger partial charge in [-0.15, -0.1) is 11.3 Å². The molecule has 0 radical (unpaired) electrons. The lowest BCUT2D eigenvalue weighted by Crippen LogP contribution is -2.38. The maximum absolute atomic E-state index is 13.1. The zero-order valence-electron chi connectivity index (χ0n) is 16.6. The Hall–Kier alpha value is -3.00. The number of hydrogen-bond acceptors (Lipinski definition) is 5. The Bertz CT molecular complexity index is 1130. The van der Waals surface area contributed by atoms with Crippen molar-refractivity contribution in [1.82, 2.24) is 9.55 Å². The van der Waals surface area contributed by atoms with Crippen molar-refractivity contribution in [3.8, 4) is 0 Å². The molecule has 8 heteroatoms. The van der Waals surface area contributed by atoms with E-state index in [0.29, 0.717) is 23.6 Å². The lowest BCUT2D eigenvalue weighted by molar-refractivity contribution is -0.119. The van der Waals surface area contributed by atoms with E-state index < -0.39 is 11.5 Å². The van der Waals surface area contributed by atoms with Crippen LogP contribution in [0.25, 0.3) is 10.2 Å². The van der Waals surface area contributed by atoms with Crippen LogP contribution in [0.15, 0.2) is 34.4 Å². The Morgan fingerprint density at radius 1 is 1.28 bits per heavy atom. The highest BCUT2D eigenvalue weighted by Gasteiger charge is 2.22. The quantitative estimate of drug-likeness (QED) is 0.640. The molecule has 0 saturated heterocycles. The summed E-state index contributed by atoms with van der Waals surface area (Å²) in [6, 6.07) is 7.61. The molecule has 0 aliphatic carbocycles. The summed E-state index contributed by atoms with van der Waals surface area (Å²) >= 11 is 1.13. The van der Waals surface area contributed by atoms with E-state index in [0.717, 1.165) is 29.0 Å². The predicted octanol–water partition coefficient (Wildman–Crippen LogP) is 3.47. The first-order valence-electron chi connectivity index (χ1n) is 9.48. The Balaban J connectivity index is 2.07. The van der Waals surface area contributed by atoms with Crippen molar-refractivity contribution in [2.24, 2.45) is 0 Å². The van der Waals surface area contributed by atoms with E-state index in [4.69, 9.17) is 0 Å². The molecule has 2 heterocycles. The number of carbonyl (C=O) groups is 2. The summed E-state index contributed by atoms with van der Waals surface area (Å²) in [4.78, 5) is 44.2. The number of carbonyl (C=O) groups excluding carboxylic acids is 1. The Kier molecular flexibility index (Phi) is 6.12.